The van der Waals surface area contributed by atoms with Gasteiger partial charge in [0.25, 0.3) is 0 Å². The fraction of sp³-hybridized carbons (Fsp3) is 0.692. The monoisotopic (exact) mass is 235 g/mol. The zero-order valence-electron chi connectivity index (χ0n) is 11.5. The molecule has 0 radical (unpaired) electrons. The predicted octanol–water partition coefficient (Wildman–Crippen LogP) is 2.68. The molecule has 0 unspecified atom stereocenters. The second kappa shape index (κ2) is 4.25. The second-order valence-corrected chi connectivity index (χ2v) is 5.91. The van der Waals surface area contributed by atoms with Crippen molar-refractivity contribution in [1.29, 1.82) is 5.26 Å². The molecule has 4 heteroatoms. The summed E-state index contributed by atoms with van der Waals surface area (Å²) in [4.78, 5) is 10.1. The Morgan fingerprint density at radius 2 is 1.82 bits per heavy atom. The Bertz CT molecular complexity index is 362. The highest BCUT2D eigenvalue weighted by Crippen LogP contribution is 2.30. The number of hydrogen-bond acceptors (Lipinski definition) is 4. The topological polar surface area (TPSA) is 48.6 Å². The van der Waals surface area contributed by atoms with Gasteiger partial charge in [0.15, 0.2) is 5.60 Å². The molecule has 0 aliphatic carbocycles. The van der Waals surface area contributed by atoms with Gasteiger partial charge in [0.05, 0.1) is 17.1 Å². The molecule has 0 saturated carbocycles. The zero-order chi connectivity index (χ0) is 13.3. The van der Waals surface area contributed by atoms with E-state index in [4.69, 9.17) is 10.1 Å². The van der Waals surface area contributed by atoms with Crippen LogP contribution in [-0.2, 0) is 4.84 Å². The summed E-state index contributed by atoms with van der Waals surface area (Å²) in [6.07, 6.45) is 5.56. The van der Waals surface area contributed by atoms with Gasteiger partial charge in [0, 0.05) is 12.4 Å². The standard InChI is InChI=1S/C13H21N3O/c1-11(2)7-8-15-10-12(3,4)16(11)17-13(5,6)9-14/h7-8,10H,1-6H3. The molecule has 94 valence electrons. The van der Waals surface area contributed by atoms with Crippen LogP contribution in [0.4, 0.5) is 0 Å². The number of nitriles is 1. The van der Waals surface area contributed by atoms with Crippen LogP contribution in [0.15, 0.2) is 17.3 Å². The van der Waals surface area contributed by atoms with Crippen LogP contribution in [0.25, 0.3) is 0 Å². The summed E-state index contributed by atoms with van der Waals surface area (Å²) in [5, 5.41) is 10.9. The van der Waals surface area contributed by atoms with Crippen molar-refractivity contribution in [1.82, 2.24) is 5.06 Å². The summed E-state index contributed by atoms with van der Waals surface area (Å²) >= 11 is 0. The van der Waals surface area contributed by atoms with E-state index >= 15 is 0 Å². The number of aliphatic imine (C=N–C) groups is 1. The van der Waals surface area contributed by atoms with Crippen molar-refractivity contribution in [3.8, 4) is 6.07 Å². The number of nitrogens with zero attached hydrogens (tertiary/aromatic N) is 3. The molecule has 1 rings (SSSR count). The van der Waals surface area contributed by atoms with Gasteiger partial charge in [-0.3, -0.25) is 9.83 Å². The molecule has 0 saturated heterocycles. The minimum atomic E-state index is -0.861. The minimum absolute atomic E-state index is 0.325. The largest absolute Gasteiger partial charge is 0.276 e. The van der Waals surface area contributed by atoms with E-state index in [2.05, 4.69) is 11.1 Å². The molecule has 0 amide bonds. The lowest BCUT2D eigenvalue weighted by atomic mass is 9.97. The Labute approximate surface area is 104 Å². The van der Waals surface area contributed by atoms with Gasteiger partial charge in [-0.25, -0.2) is 0 Å². The SMILES string of the molecule is CC(C)(C#N)ON1C(C)(C)C=CN=CC1(C)C. The highest BCUT2D eigenvalue weighted by Gasteiger charge is 2.41. The van der Waals surface area contributed by atoms with Crippen molar-refractivity contribution in [2.45, 2.75) is 58.2 Å². The van der Waals surface area contributed by atoms with Crippen LogP contribution >= 0.6 is 0 Å². The molecular formula is C13H21N3O. The lowest BCUT2D eigenvalue weighted by molar-refractivity contribution is -0.277. The molecule has 0 bridgehead atoms. The maximum atomic E-state index is 9.08. The fourth-order valence-corrected chi connectivity index (χ4v) is 1.80. The summed E-state index contributed by atoms with van der Waals surface area (Å²) in [5.74, 6) is 0. The van der Waals surface area contributed by atoms with Gasteiger partial charge in [-0.2, -0.15) is 10.3 Å². The summed E-state index contributed by atoms with van der Waals surface area (Å²) in [5.41, 5.74) is -1.56. The predicted molar refractivity (Wildman–Crippen MR) is 68.4 cm³/mol. The summed E-state index contributed by atoms with van der Waals surface area (Å²) in [6.45, 7) is 11.6. The average Bonchev–Trinajstić information content (AvgIpc) is 2.29. The van der Waals surface area contributed by atoms with Crippen LogP contribution in [0, 0.1) is 11.3 Å². The first-order valence-electron chi connectivity index (χ1n) is 5.73. The number of hydroxylamine groups is 2. The summed E-state index contributed by atoms with van der Waals surface area (Å²) in [6, 6.07) is 2.15. The van der Waals surface area contributed by atoms with E-state index < -0.39 is 5.60 Å². The van der Waals surface area contributed by atoms with E-state index in [1.807, 2.05) is 45.0 Å². The molecule has 0 aromatic rings. The van der Waals surface area contributed by atoms with E-state index in [9.17, 15) is 0 Å². The number of hydrogen-bond donors (Lipinski definition) is 0. The number of rotatable bonds is 2. The third kappa shape index (κ3) is 3.15. The van der Waals surface area contributed by atoms with Gasteiger partial charge in [0.1, 0.15) is 0 Å². The molecule has 1 aliphatic heterocycles. The van der Waals surface area contributed by atoms with E-state index in [1.165, 1.54) is 0 Å². The molecule has 0 fully saturated rings. The van der Waals surface area contributed by atoms with Gasteiger partial charge < -0.3 is 0 Å². The van der Waals surface area contributed by atoms with Crippen LogP contribution in [0.2, 0.25) is 0 Å². The van der Waals surface area contributed by atoms with Gasteiger partial charge in [-0.1, -0.05) is 0 Å². The van der Waals surface area contributed by atoms with Crippen LogP contribution in [0.3, 0.4) is 0 Å². The molecule has 1 aliphatic rings. The maximum Gasteiger partial charge on any atom is 0.170 e. The van der Waals surface area contributed by atoms with E-state index in [-0.39, 0.29) is 11.1 Å². The van der Waals surface area contributed by atoms with E-state index in [0.29, 0.717) is 0 Å². The highest BCUT2D eigenvalue weighted by molar-refractivity contribution is 5.70. The first-order valence-corrected chi connectivity index (χ1v) is 5.73. The maximum absolute atomic E-state index is 9.08. The van der Waals surface area contributed by atoms with Gasteiger partial charge in [0.2, 0.25) is 0 Å². The lowest BCUT2D eigenvalue weighted by Gasteiger charge is -2.45. The van der Waals surface area contributed by atoms with Crippen LogP contribution in [-0.4, -0.2) is 28.0 Å². The molecule has 0 N–H and O–H groups in total. The molecule has 17 heavy (non-hydrogen) atoms. The van der Waals surface area contributed by atoms with Crippen molar-refractivity contribution in [3.63, 3.8) is 0 Å². The molecule has 1 heterocycles. The molecule has 0 atom stereocenters. The molecule has 0 aromatic heterocycles. The van der Waals surface area contributed by atoms with Gasteiger partial charge in [-0.15, -0.1) is 0 Å². The molecule has 0 aromatic carbocycles. The van der Waals surface area contributed by atoms with Crippen LogP contribution in [0.1, 0.15) is 41.5 Å². The third-order valence-electron chi connectivity index (χ3n) is 2.59. The van der Waals surface area contributed by atoms with Crippen molar-refractivity contribution in [3.05, 3.63) is 12.3 Å². The zero-order valence-corrected chi connectivity index (χ0v) is 11.5. The van der Waals surface area contributed by atoms with Crippen LogP contribution in [0.5, 0.6) is 0 Å². The van der Waals surface area contributed by atoms with Crippen molar-refractivity contribution in [2.75, 3.05) is 0 Å². The Balaban J connectivity index is 3.11. The average molecular weight is 235 g/mol. The fourth-order valence-electron chi connectivity index (χ4n) is 1.80. The first kappa shape index (κ1) is 13.9. The smallest absolute Gasteiger partial charge is 0.170 e. The van der Waals surface area contributed by atoms with Crippen molar-refractivity contribution >= 4 is 6.21 Å². The molecule has 0 spiro atoms. The van der Waals surface area contributed by atoms with E-state index in [1.54, 1.807) is 20.0 Å². The Kier molecular flexibility index (Phi) is 3.47. The Morgan fingerprint density at radius 1 is 1.24 bits per heavy atom. The third-order valence-corrected chi connectivity index (χ3v) is 2.59. The molecule has 4 nitrogen and oxygen atoms in total. The van der Waals surface area contributed by atoms with Gasteiger partial charge in [-0.05, 0) is 47.6 Å². The summed E-state index contributed by atoms with van der Waals surface area (Å²) in [7, 11) is 0. The molecular weight excluding hydrogens is 214 g/mol. The Morgan fingerprint density at radius 3 is 2.35 bits per heavy atom. The second-order valence-electron chi connectivity index (χ2n) is 5.91. The normalized spacial score (nSPS) is 23.1. The van der Waals surface area contributed by atoms with Crippen molar-refractivity contribution in [2.24, 2.45) is 4.99 Å². The Hall–Kier alpha value is -1.18. The van der Waals surface area contributed by atoms with Crippen molar-refractivity contribution < 1.29 is 4.84 Å². The van der Waals surface area contributed by atoms with Gasteiger partial charge >= 0.3 is 0 Å². The first-order chi connectivity index (χ1) is 7.61. The van der Waals surface area contributed by atoms with E-state index in [0.717, 1.165) is 0 Å². The lowest BCUT2D eigenvalue weighted by Crippen LogP contribution is -2.57. The quantitative estimate of drug-likeness (QED) is 0.739. The summed E-state index contributed by atoms with van der Waals surface area (Å²) < 4.78 is 0. The minimum Gasteiger partial charge on any atom is -0.276 e. The highest BCUT2D eigenvalue weighted by atomic mass is 16.7. The van der Waals surface area contributed by atoms with Crippen LogP contribution < -0.4 is 0 Å².